The smallest absolute Gasteiger partial charge is 0.355 e. The minimum Gasteiger partial charge on any atom is -0.497 e. The maximum absolute atomic E-state index is 12.0. The normalized spacial score (nSPS) is 11.2. The fraction of sp³-hybridized carbons (Fsp3) is 0.389. The first-order valence-corrected chi connectivity index (χ1v) is 7.64. The number of carbonyl (C=O) groups excluding carboxylic acids is 3. The molecule has 136 valence electrons. The Balaban J connectivity index is 2.76. The maximum atomic E-state index is 12.0. The summed E-state index contributed by atoms with van der Waals surface area (Å²) in [4.78, 5) is 35.5. The zero-order chi connectivity index (χ0) is 19.0. The van der Waals surface area contributed by atoms with Crippen LogP contribution in [-0.4, -0.2) is 38.2 Å². The van der Waals surface area contributed by atoms with Crippen molar-refractivity contribution in [3.63, 3.8) is 0 Å². The Bertz CT molecular complexity index is 663. The second-order valence-electron chi connectivity index (χ2n) is 5.23. The monoisotopic (exact) mass is 350 g/mol. The Hall–Kier alpha value is -2.83. The Morgan fingerprint density at radius 2 is 1.84 bits per heavy atom. The van der Waals surface area contributed by atoms with Gasteiger partial charge in [-0.05, 0) is 31.5 Å². The fourth-order valence-electron chi connectivity index (χ4n) is 1.92. The van der Waals surface area contributed by atoms with E-state index in [9.17, 15) is 14.4 Å². The molecule has 0 saturated carbocycles. The predicted octanol–water partition coefficient (Wildman–Crippen LogP) is 2.21. The molecule has 0 bridgehead atoms. The summed E-state index contributed by atoms with van der Waals surface area (Å²) < 4.78 is 20.0. The first-order chi connectivity index (χ1) is 11.8. The third-order valence-corrected chi connectivity index (χ3v) is 3.27. The van der Waals surface area contributed by atoms with Gasteiger partial charge in [0.1, 0.15) is 11.5 Å². The van der Waals surface area contributed by atoms with Gasteiger partial charge in [0.15, 0.2) is 6.10 Å². The van der Waals surface area contributed by atoms with E-state index in [0.29, 0.717) is 17.1 Å². The molecule has 7 nitrogen and oxygen atoms in total. The van der Waals surface area contributed by atoms with Crippen molar-refractivity contribution in [1.29, 1.82) is 0 Å². The number of carbonyl (C=O) groups is 3. The molecular formula is C18H22O7. The highest BCUT2D eigenvalue weighted by Gasteiger charge is 2.25. The molecule has 0 aliphatic rings. The molecule has 25 heavy (non-hydrogen) atoms. The van der Waals surface area contributed by atoms with Crippen molar-refractivity contribution in [2.24, 2.45) is 0 Å². The van der Waals surface area contributed by atoms with Crippen molar-refractivity contribution < 1.29 is 33.3 Å². The van der Waals surface area contributed by atoms with E-state index >= 15 is 0 Å². The summed E-state index contributed by atoms with van der Waals surface area (Å²) >= 11 is 0. The van der Waals surface area contributed by atoms with Gasteiger partial charge in [0, 0.05) is 11.1 Å². The number of hydrogen-bond acceptors (Lipinski definition) is 7. The molecule has 0 aliphatic carbocycles. The molecule has 0 radical (unpaired) electrons. The van der Waals surface area contributed by atoms with Crippen LogP contribution in [0.25, 0.3) is 0 Å². The number of ether oxygens (including phenoxy) is 4. The van der Waals surface area contributed by atoms with Gasteiger partial charge in [0.2, 0.25) is 0 Å². The van der Waals surface area contributed by atoms with Crippen LogP contribution < -0.4 is 9.47 Å². The van der Waals surface area contributed by atoms with Gasteiger partial charge in [-0.25, -0.2) is 9.59 Å². The Kier molecular flexibility index (Phi) is 7.65. The molecule has 1 atom stereocenters. The van der Waals surface area contributed by atoms with Gasteiger partial charge >= 0.3 is 17.9 Å². The number of rotatable bonds is 8. The summed E-state index contributed by atoms with van der Waals surface area (Å²) in [6.45, 7) is 6.53. The summed E-state index contributed by atoms with van der Waals surface area (Å²) in [6.07, 6.45) is -1.19. The van der Waals surface area contributed by atoms with E-state index in [4.69, 9.17) is 18.9 Å². The molecule has 0 spiro atoms. The third kappa shape index (κ3) is 5.95. The molecule has 0 heterocycles. The first-order valence-electron chi connectivity index (χ1n) is 7.64. The summed E-state index contributed by atoms with van der Waals surface area (Å²) in [7, 11) is 2.96. The summed E-state index contributed by atoms with van der Waals surface area (Å²) in [5, 5.41) is 0. The third-order valence-electron chi connectivity index (χ3n) is 3.27. The van der Waals surface area contributed by atoms with Crippen LogP contribution in [0.1, 0.15) is 25.8 Å². The van der Waals surface area contributed by atoms with Crippen LogP contribution in [0.2, 0.25) is 0 Å². The van der Waals surface area contributed by atoms with E-state index < -0.39 is 24.0 Å². The van der Waals surface area contributed by atoms with Crippen molar-refractivity contribution in [3.8, 4) is 11.5 Å². The lowest BCUT2D eigenvalue weighted by atomic mass is 10.1. The number of hydrogen-bond donors (Lipinski definition) is 0. The lowest BCUT2D eigenvalue weighted by Crippen LogP contribution is -2.31. The molecule has 7 heteroatoms. The van der Waals surface area contributed by atoms with Gasteiger partial charge < -0.3 is 18.9 Å². The predicted molar refractivity (Wildman–Crippen MR) is 89.3 cm³/mol. The summed E-state index contributed by atoms with van der Waals surface area (Å²) in [5.74, 6) is -1.43. The van der Waals surface area contributed by atoms with Gasteiger partial charge in [0.25, 0.3) is 0 Å². The van der Waals surface area contributed by atoms with E-state index in [1.165, 1.54) is 21.1 Å². The second-order valence-corrected chi connectivity index (χ2v) is 5.23. The lowest BCUT2D eigenvalue weighted by molar-refractivity contribution is -0.172. The molecule has 1 aromatic rings. The van der Waals surface area contributed by atoms with Gasteiger partial charge in [-0.2, -0.15) is 0 Å². The standard InChI is InChI=1S/C18H22O7/c1-6-14(24-17(20)11(2)3)18(21)25-16(19)10-12-9-13(22-4)7-8-15(12)23-5/h7-9,14H,2,6,10H2,1,3-5H3. The van der Waals surface area contributed by atoms with Crippen molar-refractivity contribution in [3.05, 3.63) is 35.9 Å². The summed E-state index contributed by atoms with van der Waals surface area (Å²) in [6, 6.07) is 4.94. The van der Waals surface area contributed by atoms with Crippen LogP contribution in [0.5, 0.6) is 11.5 Å². The fourth-order valence-corrected chi connectivity index (χ4v) is 1.92. The molecular weight excluding hydrogens is 328 g/mol. The first kappa shape index (κ1) is 20.2. The van der Waals surface area contributed by atoms with E-state index in [-0.39, 0.29) is 18.4 Å². The second kappa shape index (κ2) is 9.46. The molecule has 0 fully saturated rings. The SMILES string of the molecule is C=C(C)C(=O)OC(CC)C(=O)OC(=O)Cc1cc(OC)ccc1OC. The van der Waals surface area contributed by atoms with Gasteiger partial charge in [-0.3, -0.25) is 4.79 Å². The van der Waals surface area contributed by atoms with E-state index in [0.717, 1.165) is 0 Å². The van der Waals surface area contributed by atoms with Crippen molar-refractivity contribution in [1.82, 2.24) is 0 Å². The molecule has 0 saturated heterocycles. The minimum atomic E-state index is -1.17. The van der Waals surface area contributed by atoms with Crippen LogP contribution in [0.4, 0.5) is 0 Å². The molecule has 0 aliphatic heterocycles. The van der Waals surface area contributed by atoms with Crippen LogP contribution in [0.3, 0.4) is 0 Å². The van der Waals surface area contributed by atoms with Crippen LogP contribution >= 0.6 is 0 Å². The quantitative estimate of drug-likeness (QED) is 0.403. The van der Waals surface area contributed by atoms with Crippen LogP contribution in [0, 0.1) is 0 Å². The molecule has 1 unspecified atom stereocenters. The van der Waals surface area contributed by atoms with E-state index in [1.54, 1.807) is 25.1 Å². The summed E-state index contributed by atoms with van der Waals surface area (Å²) in [5.41, 5.74) is 0.658. The molecule has 1 rings (SSSR count). The average Bonchev–Trinajstić information content (AvgIpc) is 2.58. The van der Waals surface area contributed by atoms with Gasteiger partial charge in [0.05, 0.1) is 20.6 Å². The highest BCUT2D eigenvalue weighted by atomic mass is 16.6. The minimum absolute atomic E-state index is 0.152. The number of esters is 3. The highest BCUT2D eigenvalue weighted by molar-refractivity contribution is 5.92. The van der Waals surface area contributed by atoms with Gasteiger partial charge in [-0.15, -0.1) is 0 Å². The zero-order valence-electron chi connectivity index (χ0n) is 14.8. The topological polar surface area (TPSA) is 88.1 Å². The van der Waals surface area contributed by atoms with Crippen molar-refractivity contribution in [2.75, 3.05) is 14.2 Å². The Morgan fingerprint density at radius 1 is 1.16 bits per heavy atom. The largest absolute Gasteiger partial charge is 0.497 e. The van der Waals surface area contributed by atoms with Crippen molar-refractivity contribution in [2.45, 2.75) is 32.8 Å². The number of benzene rings is 1. The Morgan fingerprint density at radius 3 is 2.36 bits per heavy atom. The molecule has 0 amide bonds. The lowest BCUT2D eigenvalue weighted by Gasteiger charge is -2.15. The maximum Gasteiger partial charge on any atom is 0.355 e. The van der Waals surface area contributed by atoms with Crippen LogP contribution in [-0.2, 0) is 30.3 Å². The molecule has 0 aromatic heterocycles. The van der Waals surface area contributed by atoms with Gasteiger partial charge in [-0.1, -0.05) is 13.5 Å². The van der Waals surface area contributed by atoms with E-state index in [2.05, 4.69) is 6.58 Å². The highest BCUT2D eigenvalue weighted by Crippen LogP contribution is 2.24. The number of methoxy groups -OCH3 is 2. The van der Waals surface area contributed by atoms with Crippen molar-refractivity contribution >= 4 is 17.9 Å². The van der Waals surface area contributed by atoms with Crippen LogP contribution in [0.15, 0.2) is 30.4 Å². The molecule has 0 N–H and O–H groups in total. The molecule has 1 aromatic carbocycles. The Labute approximate surface area is 146 Å². The van der Waals surface area contributed by atoms with E-state index in [1.807, 2.05) is 0 Å². The zero-order valence-corrected chi connectivity index (χ0v) is 14.8. The average molecular weight is 350 g/mol.